The van der Waals surface area contributed by atoms with E-state index >= 15 is 0 Å². The second kappa shape index (κ2) is 4.30. The summed E-state index contributed by atoms with van der Waals surface area (Å²) in [4.78, 5) is 2.97. The number of aromatic nitrogens is 1. The number of rotatable bonds is 2. The minimum Gasteiger partial charge on any atom is -0.404 e. The van der Waals surface area contributed by atoms with Gasteiger partial charge in [0.1, 0.15) is 0 Å². The SMILES string of the molecule is Cc1c(OC(F)(F)F)cnc(S(=O)(=O)Cl)c1F. The number of ether oxygens (including phenoxy) is 1. The van der Waals surface area contributed by atoms with Gasteiger partial charge in [-0.2, -0.15) is 0 Å². The molecule has 1 aromatic heterocycles. The molecule has 96 valence electrons. The number of hydrogen-bond acceptors (Lipinski definition) is 4. The molecule has 17 heavy (non-hydrogen) atoms. The Morgan fingerprint density at radius 1 is 1.41 bits per heavy atom. The van der Waals surface area contributed by atoms with E-state index in [1.54, 1.807) is 0 Å². The van der Waals surface area contributed by atoms with Crippen molar-refractivity contribution in [1.29, 1.82) is 0 Å². The molecule has 1 heterocycles. The number of hydrogen-bond donors (Lipinski definition) is 0. The zero-order chi connectivity index (χ0) is 13.4. The predicted molar refractivity (Wildman–Crippen MR) is 48.7 cm³/mol. The molecule has 1 aromatic rings. The van der Waals surface area contributed by atoms with Crippen molar-refractivity contribution in [2.45, 2.75) is 18.3 Å². The van der Waals surface area contributed by atoms with Gasteiger partial charge in [-0.1, -0.05) is 0 Å². The molecule has 0 atom stereocenters. The quantitative estimate of drug-likeness (QED) is 0.620. The van der Waals surface area contributed by atoms with Crippen molar-refractivity contribution in [2.75, 3.05) is 0 Å². The Bertz CT molecular complexity index is 543. The van der Waals surface area contributed by atoms with E-state index in [1.807, 2.05) is 0 Å². The maximum absolute atomic E-state index is 13.4. The molecule has 0 saturated carbocycles. The minimum atomic E-state index is -5.03. The van der Waals surface area contributed by atoms with Crippen molar-refractivity contribution in [3.63, 3.8) is 0 Å². The lowest BCUT2D eigenvalue weighted by atomic mass is 10.3. The fraction of sp³-hybridized carbons (Fsp3) is 0.286. The summed E-state index contributed by atoms with van der Waals surface area (Å²) in [5.74, 6) is -2.42. The Kier molecular flexibility index (Phi) is 3.53. The zero-order valence-electron chi connectivity index (χ0n) is 8.05. The zero-order valence-corrected chi connectivity index (χ0v) is 9.62. The lowest BCUT2D eigenvalue weighted by Gasteiger charge is -2.11. The Balaban J connectivity index is 3.30. The van der Waals surface area contributed by atoms with E-state index < -0.39 is 37.6 Å². The molecule has 4 nitrogen and oxygen atoms in total. The molecule has 0 saturated heterocycles. The first-order chi connectivity index (χ1) is 7.52. The number of alkyl halides is 3. The van der Waals surface area contributed by atoms with Gasteiger partial charge < -0.3 is 4.74 Å². The van der Waals surface area contributed by atoms with E-state index in [0.717, 1.165) is 6.92 Å². The van der Waals surface area contributed by atoms with Crippen LogP contribution in [0.1, 0.15) is 5.56 Å². The number of pyridine rings is 1. The molecule has 0 N–H and O–H groups in total. The first-order valence-electron chi connectivity index (χ1n) is 3.88. The molecule has 0 aromatic carbocycles. The summed E-state index contributed by atoms with van der Waals surface area (Å²) in [6.07, 6.45) is -4.60. The largest absolute Gasteiger partial charge is 0.573 e. The molecule has 0 amide bonds. The summed E-state index contributed by atoms with van der Waals surface area (Å²) < 4.78 is 74.0. The van der Waals surface area contributed by atoms with Crippen LogP contribution in [-0.4, -0.2) is 19.8 Å². The van der Waals surface area contributed by atoms with Crippen molar-refractivity contribution in [1.82, 2.24) is 4.98 Å². The van der Waals surface area contributed by atoms with Gasteiger partial charge in [-0.05, 0) is 6.92 Å². The lowest BCUT2D eigenvalue weighted by Crippen LogP contribution is -2.18. The molecule has 0 aliphatic rings. The molecule has 0 radical (unpaired) electrons. The van der Waals surface area contributed by atoms with Gasteiger partial charge in [0.15, 0.2) is 11.6 Å². The van der Waals surface area contributed by atoms with Gasteiger partial charge in [-0.25, -0.2) is 17.8 Å². The number of halogens is 5. The van der Waals surface area contributed by atoms with Crippen LogP contribution in [0.2, 0.25) is 0 Å². The summed E-state index contributed by atoms with van der Waals surface area (Å²) in [5, 5.41) is -1.15. The molecule has 10 heteroatoms. The van der Waals surface area contributed by atoms with Gasteiger partial charge in [-0.15, -0.1) is 13.2 Å². The molecular weight excluding hydrogens is 290 g/mol. The maximum Gasteiger partial charge on any atom is 0.573 e. The average molecular weight is 294 g/mol. The van der Waals surface area contributed by atoms with Crippen LogP contribution in [-0.2, 0) is 9.05 Å². The minimum absolute atomic E-state index is 0.432. The second-order valence-electron chi connectivity index (χ2n) is 2.85. The van der Waals surface area contributed by atoms with Crippen molar-refractivity contribution < 1.29 is 30.7 Å². The van der Waals surface area contributed by atoms with Crippen LogP contribution in [0.3, 0.4) is 0 Å². The molecule has 0 unspecified atom stereocenters. The highest BCUT2D eigenvalue weighted by atomic mass is 35.7. The summed E-state index contributed by atoms with van der Waals surface area (Å²) >= 11 is 0. The van der Waals surface area contributed by atoms with Crippen LogP contribution in [0.4, 0.5) is 17.6 Å². The summed E-state index contributed by atoms with van der Waals surface area (Å²) in [6.45, 7) is 0.906. The molecule has 0 aliphatic carbocycles. The van der Waals surface area contributed by atoms with E-state index in [-0.39, 0.29) is 0 Å². The smallest absolute Gasteiger partial charge is 0.404 e. The summed E-state index contributed by atoms with van der Waals surface area (Å²) in [7, 11) is 0.361. The van der Waals surface area contributed by atoms with E-state index in [9.17, 15) is 26.0 Å². The molecule has 0 spiro atoms. The Labute approximate surface area is 97.6 Å². The van der Waals surface area contributed by atoms with Crippen LogP contribution in [0, 0.1) is 12.7 Å². The number of nitrogens with zero attached hydrogens (tertiary/aromatic N) is 1. The molecule has 1 rings (SSSR count). The van der Waals surface area contributed by atoms with Gasteiger partial charge in [0.25, 0.3) is 9.05 Å². The summed E-state index contributed by atoms with van der Waals surface area (Å²) in [6, 6.07) is 0. The van der Waals surface area contributed by atoms with Crippen molar-refractivity contribution in [2.24, 2.45) is 0 Å². The van der Waals surface area contributed by atoms with Crippen LogP contribution in [0.15, 0.2) is 11.2 Å². The Hall–Kier alpha value is -1.09. The third-order valence-electron chi connectivity index (χ3n) is 1.64. The fourth-order valence-electron chi connectivity index (χ4n) is 0.937. The van der Waals surface area contributed by atoms with Gasteiger partial charge in [0.05, 0.1) is 6.20 Å². The monoisotopic (exact) mass is 293 g/mol. The van der Waals surface area contributed by atoms with Crippen molar-refractivity contribution in [3.05, 3.63) is 17.6 Å². The average Bonchev–Trinajstić information content (AvgIpc) is 2.08. The van der Waals surface area contributed by atoms with Gasteiger partial charge in [0.2, 0.25) is 5.03 Å². The highest BCUT2D eigenvalue weighted by Gasteiger charge is 2.33. The van der Waals surface area contributed by atoms with E-state index in [2.05, 4.69) is 9.72 Å². The molecule has 0 aliphatic heterocycles. The van der Waals surface area contributed by atoms with Crippen molar-refractivity contribution >= 4 is 19.7 Å². The molecular formula is C7H4ClF4NO3S. The highest BCUT2D eigenvalue weighted by molar-refractivity contribution is 8.13. The third kappa shape index (κ3) is 3.43. The Morgan fingerprint density at radius 2 is 1.94 bits per heavy atom. The second-order valence-corrected chi connectivity index (χ2v) is 5.33. The van der Waals surface area contributed by atoms with Crippen molar-refractivity contribution in [3.8, 4) is 5.75 Å². The van der Waals surface area contributed by atoms with Crippen LogP contribution < -0.4 is 4.74 Å². The highest BCUT2D eigenvalue weighted by Crippen LogP contribution is 2.29. The van der Waals surface area contributed by atoms with Crippen LogP contribution in [0.5, 0.6) is 5.75 Å². The van der Waals surface area contributed by atoms with Crippen LogP contribution >= 0.6 is 10.7 Å². The Morgan fingerprint density at radius 3 is 2.35 bits per heavy atom. The standard InChI is InChI=1S/C7H4ClF4NO3S/c1-3-4(16-7(10,11)12)2-13-6(5(3)9)17(8,14)15/h2H,1H3. The van der Waals surface area contributed by atoms with Gasteiger partial charge in [-0.3, -0.25) is 0 Å². The maximum atomic E-state index is 13.4. The normalized spacial score (nSPS) is 12.6. The predicted octanol–water partition coefficient (Wildman–Crippen LogP) is 2.36. The van der Waals surface area contributed by atoms with Gasteiger partial charge >= 0.3 is 6.36 Å². The van der Waals surface area contributed by atoms with E-state index in [0.29, 0.717) is 6.20 Å². The molecule has 0 bridgehead atoms. The first-order valence-corrected chi connectivity index (χ1v) is 6.19. The fourth-order valence-corrected chi connectivity index (χ4v) is 1.81. The van der Waals surface area contributed by atoms with Crippen LogP contribution in [0.25, 0.3) is 0 Å². The third-order valence-corrected chi connectivity index (χ3v) is 2.83. The first kappa shape index (κ1) is 14.0. The summed E-state index contributed by atoms with van der Waals surface area (Å²) in [5.41, 5.74) is -0.656. The molecule has 0 fully saturated rings. The van der Waals surface area contributed by atoms with E-state index in [4.69, 9.17) is 10.7 Å². The van der Waals surface area contributed by atoms with Gasteiger partial charge in [0, 0.05) is 16.2 Å². The lowest BCUT2D eigenvalue weighted by molar-refractivity contribution is -0.275. The topological polar surface area (TPSA) is 56.3 Å². The van der Waals surface area contributed by atoms with E-state index in [1.165, 1.54) is 0 Å².